The van der Waals surface area contributed by atoms with Crippen LogP contribution in [0.25, 0.3) is 0 Å². The van der Waals surface area contributed by atoms with Gasteiger partial charge < -0.3 is 19.7 Å². The van der Waals surface area contributed by atoms with Crippen LogP contribution in [0, 0.1) is 5.92 Å². The van der Waals surface area contributed by atoms with Gasteiger partial charge in [-0.25, -0.2) is 0 Å². The van der Waals surface area contributed by atoms with Gasteiger partial charge in [0.1, 0.15) is 0 Å². The summed E-state index contributed by atoms with van der Waals surface area (Å²) in [6, 6.07) is 10.3. The number of carbonyl (C=O) groups is 1. The Morgan fingerprint density at radius 1 is 1.24 bits per heavy atom. The van der Waals surface area contributed by atoms with E-state index in [0.29, 0.717) is 25.6 Å². The monoisotopic (exact) mass is 348 g/mol. The van der Waals surface area contributed by atoms with E-state index in [2.05, 4.69) is 22.3 Å². The average molecular weight is 348 g/mol. The quantitative estimate of drug-likeness (QED) is 0.588. The molecule has 25 heavy (non-hydrogen) atoms. The van der Waals surface area contributed by atoms with Gasteiger partial charge in [-0.3, -0.25) is 4.79 Å². The Kier molecular flexibility index (Phi) is 9.55. The van der Waals surface area contributed by atoms with Crippen molar-refractivity contribution in [3.63, 3.8) is 0 Å². The number of likely N-dealkylation sites (tertiary alicyclic amines) is 1. The van der Waals surface area contributed by atoms with Crippen molar-refractivity contribution in [2.75, 3.05) is 53.1 Å². The molecule has 0 aromatic heterocycles. The summed E-state index contributed by atoms with van der Waals surface area (Å²) in [7, 11) is 1.74. The van der Waals surface area contributed by atoms with Crippen LogP contribution in [0.5, 0.6) is 0 Å². The SMILES string of the molecule is COCCN1CCC(CNC(=O)CCCOCCc2ccccc2)C1. The van der Waals surface area contributed by atoms with E-state index >= 15 is 0 Å². The molecule has 1 saturated heterocycles. The number of amides is 1. The molecule has 1 unspecified atom stereocenters. The second-order valence-corrected chi connectivity index (χ2v) is 6.70. The van der Waals surface area contributed by atoms with Gasteiger partial charge in [-0.15, -0.1) is 0 Å². The fraction of sp³-hybridized carbons (Fsp3) is 0.650. The minimum Gasteiger partial charge on any atom is -0.383 e. The van der Waals surface area contributed by atoms with E-state index in [1.165, 1.54) is 5.56 Å². The van der Waals surface area contributed by atoms with Crippen LogP contribution in [0.1, 0.15) is 24.8 Å². The molecule has 0 saturated carbocycles. The Labute approximate surface area is 151 Å². The number of rotatable bonds is 12. The summed E-state index contributed by atoms with van der Waals surface area (Å²) in [5.74, 6) is 0.713. The Morgan fingerprint density at radius 3 is 2.88 bits per heavy atom. The Hall–Kier alpha value is -1.43. The van der Waals surface area contributed by atoms with E-state index in [1.54, 1.807) is 7.11 Å². The van der Waals surface area contributed by atoms with Crippen molar-refractivity contribution in [1.29, 1.82) is 0 Å². The van der Waals surface area contributed by atoms with Crippen LogP contribution in [-0.4, -0.2) is 63.9 Å². The smallest absolute Gasteiger partial charge is 0.220 e. The largest absolute Gasteiger partial charge is 0.383 e. The van der Waals surface area contributed by atoms with E-state index in [9.17, 15) is 4.79 Å². The number of ether oxygens (including phenoxy) is 2. The van der Waals surface area contributed by atoms with Gasteiger partial charge in [-0.2, -0.15) is 0 Å². The van der Waals surface area contributed by atoms with Gasteiger partial charge in [0.15, 0.2) is 0 Å². The van der Waals surface area contributed by atoms with Gasteiger partial charge in [0.25, 0.3) is 0 Å². The fourth-order valence-electron chi connectivity index (χ4n) is 3.12. The summed E-state index contributed by atoms with van der Waals surface area (Å²) in [5, 5.41) is 3.07. The minimum atomic E-state index is 0.141. The van der Waals surface area contributed by atoms with Crippen LogP contribution < -0.4 is 5.32 Å². The molecule has 5 heteroatoms. The fourth-order valence-corrected chi connectivity index (χ4v) is 3.12. The maximum atomic E-state index is 11.9. The van der Waals surface area contributed by atoms with Gasteiger partial charge in [-0.05, 0) is 37.3 Å². The normalized spacial score (nSPS) is 17.7. The molecular formula is C20H32N2O3. The molecule has 5 nitrogen and oxygen atoms in total. The number of hydrogen-bond donors (Lipinski definition) is 1. The topological polar surface area (TPSA) is 50.8 Å². The van der Waals surface area contributed by atoms with Gasteiger partial charge in [0, 0.05) is 39.8 Å². The first-order chi connectivity index (χ1) is 12.3. The van der Waals surface area contributed by atoms with Gasteiger partial charge in [0.2, 0.25) is 5.91 Å². The predicted molar refractivity (Wildman–Crippen MR) is 99.6 cm³/mol. The van der Waals surface area contributed by atoms with Crippen LogP contribution in [0.15, 0.2) is 30.3 Å². The van der Waals surface area contributed by atoms with E-state index < -0.39 is 0 Å². The number of nitrogens with zero attached hydrogens (tertiary/aromatic N) is 1. The van der Waals surface area contributed by atoms with Crippen LogP contribution in [0.4, 0.5) is 0 Å². The van der Waals surface area contributed by atoms with Crippen molar-refractivity contribution in [1.82, 2.24) is 10.2 Å². The second kappa shape index (κ2) is 12.0. The predicted octanol–water partition coefficient (Wildman–Crippen LogP) is 2.11. The second-order valence-electron chi connectivity index (χ2n) is 6.70. The zero-order valence-electron chi connectivity index (χ0n) is 15.4. The van der Waals surface area contributed by atoms with Crippen molar-refractivity contribution in [2.45, 2.75) is 25.7 Å². The number of hydrogen-bond acceptors (Lipinski definition) is 4. The number of carbonyl (C=O) groups excluding carboxylic acids is 1. The molecular weight excluding hydrogens is 316 g/mol. The van der Waals surface area contributed by atoms with E-state index in [-0.39, 0.29) is 5.91 Å². The van der Waals surface area contributed by atoms with E-state index in [0.717, 1.165) is 52.0 Å². The molecule has 140 valence electrons. The molecule has 0 aliphatic carbocycles. The Morgan fingerprint density at radius 2 is 2.08 bits per heavy atom. The highest BCUT2D eigenvalue weighted by Crippen LogP contribution is 2.14. The van der Waals surface area contributed by atoms with E-state index in [1.807, 2.05) is 18.2 Å². The molecule has 1 fully saturated rings. The van der Waals surface area contributed by atoms with Crippen LogP contribution in [-0.2, 0) is 20.7 Å². The summed E-state index contributed by atoms with van der Waals surface area (Å²) in [4.78, 5) is 14.3. The number of benzene rings is 1. The highest BCUT2D eigenvalue weighted by Gasteiger charge is 2.22. The van der Waals surface area contributed by atoms with Crippen LogP contribution in [0.3, 0.4) is 0 Å². The van der Waals surface area contributed by atoms with Crippen LogP contribution >= 0.6 is 0 Å². The van der Waals surface area contributed by atoms with Gasteiger partial charge in [-0.1, -0.05) is 30.3 Å². The third kappa shape index (κ3) is 8.47. The molecule has 1 N–H and O–H groups in total. The maximum absolute atomic E-state index is 11.9. The molecule has 1 aromatic carbocycles. The van der Waals surface area contributed by atoms with Crippen molar-refractivity contribution < 1.29 is 14.3 Å². The number of methoxy groups -OCH3 is 1. The van der Waals surface area contributed by atoms with Gasteiger partial charge >= 0.3 is 0 Å². The Bertz CT molecular complexity index is 481. The molecule has 1 heterocycles. The maximum Gasteiger partial charge on any atom is 0.220 e. The summed E-state index contributed by atoms with van der Waals surface area (Å²) < 4.78 is 10.7. The lowest BCUT2D eigenvalue weighted by Crippen LogP contribution is -2.31. The molecule has 0 spiro atoms. The standard InChI is InChI=1S/C20H32N2O3/c1-24-15-12-22-11-9-19(17-22)16-21-20(23)8-5-13-25-14-10-18-6-3-2-4-7-18/h2-4,6-7,19H,5,8-17H2,1H3,(H,21,23). The van der Waals surface area contributed by atoms with E-state index in [4.69, 9.17) is 9.47 Å². The third-order valence-corrected chi connectivity index (χ3v) is 4.64. The van der Waals surface area contributed by atoms with Crippen molar-refractivity contribution in [2.24, 2.45) is 5.92 Å². The minimum absolute atomic E-state index is 0.141. The molecule has 1 aliphatic heterocycles. The molecule has 1 atom stereocenters. The van der Waals surface area contributed by atoms with Crippen molar-refractivity contribution in [3.8, 4) is 0 Å². The first kappa shape index (κ1) is 19.9. The molecule has 0 bridgehead atoms. The van der Waals surface area contributed by atoms with Crippen molar-refractivity contribution in [3.05, 3.63) is 35.9 Å². The summed E-state index contributed by atoms with van der Waals surface area (Å²) in [5.41, 5.74) is 1.29. The average Bonchev–Trinajstić information content (AvgIpc) is 3.10. The molecule has 1 amide bonds. The lowest BCUT2D eigenvalue weighted by molar-refractivity contribution is -0.121. The zero-order valence-corrected chi connectivity index (χ0v) is 15.4. The first-order valence-electron chi connectivity index (χ1n) is 9.37. The van der Waals surface area contributed by atoms with Gasteiger partial charge in [0.05, 0.1) is 13.2 Å². The Balaban J connectivity index is 1.44. The highest BCUT2D eigenvalue weighted by atomic mass is 16.5. The summed E-state index contributed by atoms with van der Waals surface area (Å²) in [6.07, 6.45) is 3.41. The molecule has 2 rings (SSSR count). The molecule has 1 aromatic rings. The summed E-state index contributed by atoms with van der Waals surface area (Å²) >= 11 is 0. The van der Waals surface area contributed by atoms with Crippen LogP contribution in [0.2, 0.25) is 0 Å². The zero-order chi connectivity index (χ0) is 17.7. The molecule has 1 aliphatic rings. The van der Waals surface area contributed by atoms with Crippen molar-refractivity contribution >= 4 is 5.91 Å². The number of nitrogens with one attached hydrogen (secondary N) is 1. The third-order valence-electron chi connectivity index (χ3n) is 4.64. The highest BCUT2D eigenvalue weighted by molar-refractivity contribution is 5.75. The summed E-state index contributed by atoms with van der Waals surface area (Å²) in [6.45, 7) is 6.09. The first-order valence-corrected chi connectivity index (χ1v) is 9.37. The lowest BCUT2D eigenvalue weighted by Gasteiger charge is -2.15. The molecule has 0 radical (unpaired) electrons. The lowest BCUT2D eigenvalue weighted by atomic mass is 10.1.